The third kappa shape index (κ3) is 1.78. The Kier molecular flexibility index (Phi) is 2.52. The minimum absolute atomic E-state index is 0.287. The Hall–Kier alpha value is -0.940. The van der Waals surface area contributed by atoms with Crippen LogP contribution >= 0.6 is 0 Å². The van der Waals surface area contributed by atoms with E-state index in [9.17, 15) is 0 Å². The second-order valence-corrected chi connectivity index (χ2v) is 4.13. The van der Waals surface area contributed by atoms with Gasteiger partial charge in [0, 0.05) is 25.7 Å². The molecule has 0 aromatic carbocycles. The van der Waals surface area contributed by atoms with Gasteiger partial charge in [0.2, 0.25) is 0 Å². The zero-order chi connectivity index (χ0) is 10.1. The molecule has 5 heteroatoms. The Morgan fingerprint density at radius 3 is 2.79 bits per heavy atom. The first-order valence-electron chi connectivity index (χ1n) is 4.93. The minimum atomic E-state index is 0.287. The van der Waals surface area contributed by atoms with Crippen LogP contribution in [-0.2, 0) is 6.54 Å². The van der Waals surface area contributed by atoms with E-state index in [0.29, 0.717) is 5.92 Å². The average molecular weight is 196 g/mol. The molecule has 0 aliphatic carbocycles. The molecule has 0 saturated carbocycles. The molecule has 2 N–H and O–H groups in total. The van der Waals surface area contributed by atoms with Crippen LogP contribution in [0.25, 0.3) is 0 Å². The van der Waals surface area contributed by atoms with E-state index in [-0.39, 0.29) is 6.04 Å². The van der Waals surface area contributed by atoms with Crippen LogP contribution in [0.5, 0.6) is 0 Å². The van der Waals surface area contributed by atoms with E-state index >= 15 is 0 Å². The Balaban J connectivity index is 1.97. The molecule has 14 heavy (non-hydrogen) atoms. The van der Waals surface area contributed by atoms with Gasteiger partial charge in [-0.25, -0.2) is 4.63 Å². The molecule has 1 fully saturated rings. The van der Waals surface area contributed by atoms with Gasteiger partial charge in [-0.15, -0.1) is 0 Å². The summed E-state index contributed by atoms with van der Waals surface area (Å²) >= 11 is 0. The number of rotatable bonds is 2. The molecule has 1 aromatic heterocycles. The first-order valence-corrected chi connectivity index (χ1v) is 4.93. The fourth-order valence-electron chi connectivity index (χ4n) is 1.83. The fourth-order valence-corrected chi connectivity index (χ4v) is 1.83. The Morgan fingerprint density at radius 2 is 2.29 bits per heavy atom. The fraction of sp³-hybridized carbons (Fsp3) is 0.778. The van der Waals surface area contributed by atoms with Crippen molar-refractivity contribution in [2.24, 2.45) is 11.7 Å². The highest BCUT2D eigenvalue weighted by Crippen LogP contribution is 2.17. The summed E-state index contributed by atoms with van der Waals surface area (Å²) in [5.74, 6) is 0.565. The van der Waals surface area contributed by atoms with Gasteiger partial charge < -0.3 is 5.73 Å². The minimum Gasteiger partial charge on any atom is -0.326 e. The van der Waals surface area contributed by atoms with Gasteiger partial charge in [0.1, 0.15) is 11.4 Å². The molecule has 1 aliphatic rings. The van der Waals surface area contributed by atoms with Crippen molar-refractivity contribution in [3.05, 3.63) is 11.4 Å². The molecular formula is C9H16N4O. The zero-order valence-electron chi connectivity index (χ0n) is 8.60. The van der Waals surface area contributed by atoms with E-state index in [0.717, 1.165) is 31.0 Å². The molecule has 78 valence electrons. The van der Waals surface area contributed by atoms with Crippen molar-refractivity contribution in [1.29, 1.82) is 0 Å². The van der Waals surface area contributed by atoms with Gasteiger partial charge in [0.05, 0.1) is 0 Å². The van der Waals surface area contributed by atoms with Crippen LogP contribution in [0.15, 0.2) is 4.63 Å². The van der Waals surface area contributed by atoms with Crippen LogP contribution in [-0.4, -0.2) is 34.3 Å². The van der Waals surface area contributed by atoms with Gasteiger partial charge in [-0.1, -0.05) is 17.2 Å². The van der Waals surface area contributed by atoms with E-state index in [1.165, 1.54) is 0 Å². The average Bonchev–Trinajstić information content (AvgIpc) is 2.63. The Labute approximate surface area is 83.2 Å². The molecular weight excluding hydrogens is 180 g/mol. The number of aryl methyl sites for hydroxylation is 1. The number of hydrogen-bond donors (Lipinski definition) is 1. The molecule has 5 nitrogen and oxygen atoms in total. The van der Waals surface area contributed by atoms with Crippen LogP contribution in [0.3, 0.4) is 0 Å². The van der Waals surface area contributed by atoms with Gasteiger partial charge in [-0.3, -0.25) is 4.90 Å². The van der Waals surface area contributed by atoms with E-state index in [4.69, 9.17) is 5.73 Å². The van der Waals surface area contributed by atoms with Crippen molar-refractivity contribution in [3.63, 3.8) is 0 Å². The van der Waals surface area contributed by atoms with Crippen LogP contribution in [0.4, 0.5) is 0 Å². The van der Waals surface area contributed by atoms with Crippen molar-refractivity contribution >= 4 is 0 Å². The summed E-state index contributed by atoms with van der Waals surface area (Å²) in [5.41, 5.74) is 7.73. The highest BCUT2D eigenvalue weighted by Gasteiger charge is 2.27. The SMILES string of the molecule is Cc1nonc1CN1CC(C)C(N)C1. The van der Waals surface area contributed by atoms with Crippen molar-refractivity contribution in [3.8, 4) is 0 Å². The summed E-state index contributed by atoms with van der Waals surface area (Å²) in [6.07, 6.45) is 0. The molecule has 1 aromatic rings. The van der Waals surface area contributed by atoms with Gasteiger partial charge in [0.15, 0.2) is 0 Å². The molecule has 1 aliphatic heterocycles. The molecule has 0 amide bonds. The standard InChI is InChI=1S/C9H16N4O/c1-6-3-13(4-8(6)10)5-9-7(2)11-14-12-9/h6,8H,3-5,10H2,1-2H3. The van der Waals surface area contributed by atoms with Crippen LogP contribution in [0.2, 0.25) is 0 Å². The Bertz CT molecular complexity index is 302. The smallest absolute Gasteiger partial charge is 0.122 e. The van der Waals surface area contributed by atoms with E-state index in [1.807, 2.05) is 6.92 Å². The summed E-state index contributed by atoms with van der Waals surface area (Å²) in [5, 5.41) is 7.61. The predicted molar refractivity (Wildman–Crippen MR) is 51.5 cm³/mol. The van der Waals surface area contributed by atoms with Crippen LogP contribution < -0.4 is 5.73 Å². The first-order chi connectivity index (χ1) is 6.66. The molecule has 0 bridgehead atoms. The maximum Gasteiger partial charge on any atom is 0.122 e. The number of aromatic nitrogens is 2. The topological polar surface area (TPSA) is 68.2 Å². The third-order valence-corrected chi connectivity index (χ3v) is 2.87. The molecule has 0 spiro atoms. The highest BCUT2D eigenvalue weighted by molar-refractivity contribution is 5.05. The lowest BCUT2D eigenvalue weighted by Crippen LogP contribution is -2.28. The molecule has 0 radical (unpaired) electrons. The van der Waals surface area contributed by atoms with Gasteiger partial charge in [-0.2, -0.15) is 0 Å². The molecule has 1 saturated heterocycles. The lowest BCUT2D eigenvalue weighted by Gasteiger charge is -2.12. The predicted octanol–water partition coefficient (Wildman–Crippen LogP) is 0.157. The zero-order valence-corrected chi connectivity index (χ0v) is 8.60. The maximum absolute atomic E-state index is 5.93. The summed E-state index contributed by atoms with van der Waals surface area (Å²) in [6, 6.07) is 0.287. The largest absolute Gasteiger partial charge is 0.326 e. The first kappa shape index (κ1) is 9.61. The number of hydrogen-bond acceptors (Lipinski definition) is 5. The molecule has 2 atom stereocenters. The molecule has 2 unspecified atom stereocenters. The van der Waals surface area contributed by atoms with Crippen LogP contribution in [0.1, 0.15) is 18.3 Å². The van der Waals surface area contributed by atoms with Crippen molar-refractivity contribution < 1.29 is 4.63 Å². The van der Waals surface area contributed by atoms with E-state index < -0.39 is 0 Å². The van der Waals surface area contributed by atoms with Crippen molar-refractivity contribution in [2.45, 2.75) is 26.4 Å². The van der Waals surface area contributed by atoms with E-state index in [2.05, 4.69) is 26.8 Å². The van der Waals surface area contributed by atoms with Crippen molar-refractivity contribution in [2.75, 3.05) is 13.1 Å². The van der Waals surface area contributed by atoms with Gasteiger partial charge in [-0.05, 0) is 12.8 Å². The molecule has 2 rings (SSSR count). The van der Waals surface area contributed by atoms with E-state index in [1.54, 1.807) is 0 Å². The normalized spacial score (nSPS) is 28.5. The number of nitrogens with zero attached hydrogens (tertiary/aromatic N) is 3. The highest BCUT2D eigenvalue weighted by atomic mass is 16.6. The monoisotopic (exact) mass is 196 g/mol. The second-order valence-electron chi connectivity index (χ2n) is 4.13. The maximum atomic E-state index is 5.93. The Morgan fingerprint density at radius 1 is 1.50 bits per heavy atom. The summed E-state index contributed by atoms with van der Waals surface area (Å²) in [6.45, 7) is 6.86. The van der Waals surface area contributed by atoms with Gasteiger partial charge in [0.25, 0.3) is 0 Å². The quantitative estimate of drug-likeness (QED) is 0.729. The van der Waals surface area contributed by atoms with Crippen LogP contribution in [0, 0.1) is 12.8 Å². The van der Waals surface area contributed by atoms with Gasteiger partial charge >= 0.3 is 0 Å². The second kappa shape index (κ2) is 3.67. The number of nitrogens with two attached hydrogens (primary N) is 1. The third-order valence-electron chi connectivity index (χ3n) is 2.87. The summed E-state index contributed by atoms with van der Waals surface area (Å²) < 4.78 is 4.65. The lowest BCUT2D eigenvalue weighted by atomic mass is 10.1. The number of likely N-dealkylation sites (tertiary alicyclic amines) is 1. The lowest BCUT2D eigenvalue weighted by molar-refractivity contribution is 0.279. The summed E-state index contributed by atoms with van der Waals surface area (Å²) in [4.78, 5) is 2.29. The molecule has 2 heterocycles. The summed E-state index contributed by atoms with van der Waals surface area (Å²) in [7, 11) is 0. The van der Waals surface area contributed by atoms with Crippen molar-refractivity contribution in [1.82, 2.24) is 15.2 Å².